The lowest BCUT2D eigenvalue weighted by molar-refractivity contribution is 0.0976. The van der Waals surface area contributed by atoms with Gasteiger partial charge in [-0.25, -0.2) is 0 Å². The monoisotopic (exact) mass is 326 g/mol. The number of ether oxygens (including phenoxy) is 1. The zero-order chi connectivity index (χ0) is 16.1. The summed E-state index contributed by atoms with van der Waals surface area (Å²) >= 11 is 1.66. The molecule has 4 rings (SSSR count). The molecule has 0 spiro atoms. The van der Waals surface area contributed by atoms with Crippen LogP contribution in [-0.2, 0) is 6.42 Å². The molecule has 23 heavy (non-hydrogen) atoms. The number of carbonyl (C=O) groups is 2. The molecule has 2 aliphatic rings. The summed E-state index contributed by atoms with van der Waals surface area (Å²) in [6.07, 6.45) is 2.50. The van der Waals surface area contributed by atoms with Crippen LogP contribution in [0.25, 0.3) is 0 Å². The van der Waals surface area contributed by atoms with E-state index in [1.807, 2.05) is 6.26 Å². The Morgan fingerprint density at radius 2 is 1.87 bits per heavy atom. The number of fused-ring (bicyclic) bond motifs is 3. The zero-order valence-corrected chi connectivity index (χ0v) is 13.3. The first kappa shape index (κ1) is 14.3. The largest absolute Gasteiger partial charge is 0.507 e. The molecule has 0 radical (unpaired) electrons. The molecule has 1 N–H and O–H groups in total. The van der Waals surface area contributed by atoms with Crippen molar-refractivity contribution in [3.8, 4) is 11.5 Å². The fraction of sp³-hybridized carbons (Fsp3) is 0.222. The third-order valence-electron chi connectivity index (χ3n) is 4.33. The highest BCUT2D eigenvalue weighted by Gasteiger charge is 2.37. The van der Waals surface area contributed by atoms with E-state index >= 15 is 0 Å². The molecule has 2 aromatic rings. The van der Waals surface area contributed by atoms with Gasteiger partial charge >= 0.3 is 0 Å². The highest BCUT2D eigenvalue weighted by Crippen LogP contribution is 2.43. The summed E-state index contributed by atoms with van der Waals surface area (Å²) in [6.45, 7) is 0. The predicted molar refractivity (Wildman–Crippen MR) is 87.9 cm³/mol. The van der Waals surface area contributed by atoms with Gasteiger partial charge in [-0.05, 0) is 12.3 Å². The zero-order valence-electron chi connectivity index (χ0n) is 12.5. The van der Waals surface area contributed by atoms with Gasteiger partial charge in [0.2, 0.25) is 0 Å². The summed E-state index contributed by atoms with van der Waals surface area (Å²) in [5.74, 6) is 0.657. The van der Waals surface area contributed by atoms with E-state index in [0.29, 0.717) is 28.9 Å². The van der Waals surface area contributed by atoms with Crippen molar-refractivity contribution in [2.75, 3.05) is 12.0 Å². The van der Waals surface area contributed by atoms with Crippen molar-refractivity contribution in [2.24, 2.45) is 0 Å². The van der Waals surface area contributed by atoms with E-state index < -0.39 is 0 Å². The second-order valence-electron chi connectivity index (χ2n) is 5.73. The van der Waals surface area contributed by atoms with Crippen LogP contribution in [0.5, 0.6) is 11.5 Å². The molecule has 1 aliphatic carbocycles. The Labute approximate surface area is 137 Å². The van der Waals surface area contributed by atoms with Crippen LogP contribution in [0.2, 0.25) is 0 Å². The number of hydrogen-bond acceptors (Lipinski definition) is 5. The van der Waals surface area contributed by atoms with Crippen molar-refractivity contribution in [3.05, 3.63) is 58.1 Å². The second-order valence-corrected chi connectivity index (χ2v) is 6.64. The van der Waals surface area contributed by atoms with Gasteiger partial charge in [0.25, 0.3) is 0 Å². The van der Waals surface area contributed by atoms with Crippen LogP contribution in [0.1, 0.15) is 37.4 Å². The van der Waals surface area contributed by atoms with Gasteiger partial charge in [0, 0.05) is 34.4 Å². The number of rotatable bonds is 2. The van der Waals surface area contributed by atoms with E-state index in [0.717, 1.165) is 5.75 Å². The van der Waals surface area contributed by atoms with E-state index in [9.17, 15) is 14.7 Å². The lowest BCUT2D eigenvalue weighted by Crippen LogP contribution is -2.21. The van der Waals surface area contributed by atoms with E-state index in [4.69, 9.17) is 4.74 Å². The van der Waals surface area contributed by atoms with E-state index in [-0.39, 0.29) is 34.5 Å². The lowest BCUT2D eigenvalue weighted by atomic mass is 9.82. The van der Waals surface area contributed by atoms with Gasteiger partial charge in [0.1, 0.15) is 17.6 Å². The third-order valence-corrected chi connectivity index (χ3v) is 5.04. The van der Waals surface area contributed by atoms with Gasteiger partial charge < -0.3 is 9.84 Å². The van der Waals surface area contributed by atoms with E-state index in [2.05, 4.69) is 0 Å². The van der Waals surface area contributed by atoms with Gasteiger partial charge in [0.05, 0.1) is 5.56 Å². The van der Waals surface area contributed by atoms with Crippen molar-refractivity contribution in [2.45, 2.75) is 12.5 Å². The molecule has 1 atom stereocenters. The molecule has 0 saturated carbocycles. The predicted octanol–water partition coefficient (Wildman–Crippen LogP) is 2.83. The van der Waals surface area contributed by atoms with Gasteiger partial charge in [-0.2, -0.15) is 11.8 Å². The third kappa shape index (κ3) is 2.00. The maximum Gasteiger partial charge on any atom is 0.198 e. The van der Waals surface area contributed by atoms with Crippen molar-refractivity contribution in [3.63, 3.8) is 0 Å². The van der Waals surface area contributed by atoms with Crippen LogP contribution in [0.4, 0.5) is 0 Å². The smallest absolute Gasteiger partial charge is 0.198 e. The van der Waals surface area contributed by atoms with Crippen molar-refractivity contribution < 1.29 is 19.4 Å². The van der Waals surface area contributed by atoms with Crippen molar-refractivity contribution in [1.29, 1.82) is 0 Å². The number of hydrogen-bond donors (Lipinski definition) is 1. The highest BCUT2D eigenvalue weighted by atomic mass is 32.2. The number of phenols is 1. The molecule has 0 saturated heterocycles. The summed E-state index contributed by atoms with van der Waals surface area (Å²) in [5, 5.41) is 10.6. The molecule has 1 heterocycles. The average molecular weight is 326 g/mol. The van der Waals surface area contributed by atoms with Crippen LogP contribution in [0, 0.1) is 0 Å². The van der Waals surface area contributed by atoms with Gasteiger partial charge in [-0.15, -0.1) is 0 Å². The summed E-state index contributed by atoms with van der Waals surface area (Å²) in [5.41, 5.74) is 1.70. The molecule has 0 unspecified atom stereocenters. The first-order valence-electron chi connectivity index (χ1n) is 7.34. The molecule has 0 bridgehead atoms. The van der Waals surface area contributed by atoms with Crippen LogP contribution in [0.3, 0.4) is 0 Å². The minimum absolute atomic E-state index is 0.0395. The van der Waals surface area contributed by atoms with Crippen molar-refractivity contribution in [1.82, 2.24) is 0 Å². The number of carbonyl (C=O) groups excluding carboxylic acids is 2. The Hall–Kier alpha value is -2.27. The molecule has 116 valence electrons. The quantitative estimate of drug-likeness (QED) is 0.784. The Balaban J connectivity index is 1.89. The molecule has 0 aromatic heterocycles. The minimum Gasteiger partial charge on any atom is -0.507 e. The molecule has 2 aromatic carbocycles. The molecule has 4 nitrogen and oxygen atoms in total. The van der Waals surface area contributed by atoms with Gasteiger partial charge in [-0.3, -0.25) is 9.59 Å². The number of aromatic hydroxyl groups is 1. The van der Waals surface area contributed by atoms with Crippen LogP contribution in [0.15, 0.2) is 30.3 Å². The number of thioether (sulfide) groups is 1. The fourth-order valence-electron chi connectivity index (χ4n) is 3.28. The summed E-state index contributed by atoms with van der Waals surface area (Å²) in [4.78, 5) is 25.4. The van der Waals surface area contributed by atoms with Crippen LogP contribution >= 0.6 is 11.8 Å². The van der Waals surface area contributed by atoms with E-state index in [1.54, 1.807) is 42.1 Å². The topological polar surface area (TPSA) is 63.6 Å². The second kappa shape index (κ2) is 5.13. The first-order chi connectivity index (χ1) is 11.1. The summed E-state index contributed by atoms with van der Waals surface area (Å²) < 4.78 is 5.82. The summed E-state index contributed by atoms with van der Waals surface area (Å²) in [7, 11) is 0. The first-order valence-corrected chi connectivity index (χ1v) is 8.74. The van der Waals surface area contributed by atoms with E-state index in [1.165, 1.54) is 0 Å². The number of benzene rings is 2. The normalized spacial score (nSPS) is 18.2. The molecular formula is C18H14O4S. The van der Waals surface area contributed by atoms with Crippen LogP contribution < -0.4 is 4.74 Å². The molecule has 1 aliphatic heterocycles. The highest BCUT2D eigenvalue weighted by molar-refractivity contribution is 7.98. The number of ketones is 2. The van der Waals surface area contributed by atoms with Gasteiger partial charge in [-0.1, -0.05) is 24.3 Å². The van der Waals surface area contributed by atoms with Crippen molar-refractivity contribution >= 4 is 23.3 Å². The lowest BCUT2D eigenvalue weighted by Gasteiger charge is -2.19. The number of phenolic OH excluding ortho intramolecular Hbond substituents is 1. The molecule has 0 amide bonds. The van der Waals surface area contributed by atoms with Gasteiger partial charge in [0.15, 0.2) is 11.6 Å². The maximum atomic E-state index is 12.7. The Morgan fingerprint density at radius 1 is 1.17 bits per heavy atom. The Kier molecular flexibility index (Phi) is 3.20. The summed E-state index contributed by atoms with van der Waals surface area (Å²) in [6, 6.07) is 8.32. The fourth-order valence-corrected chi connectivity index (χ4v) is 3.84. The SMILES string of the molecule is CSC[C@@H]1Cc2c(cc3c(c2O)C(=O)c2ccccc2C3=O)O1. The van der Waals surface area contributed by atoms with Crippen LogP contribution in [-0.4, -0.2) is 34.8 Å². The maximum absolute atomic E-state index is 12.7. The molecular weight excluding hydrogens is 312 g/mol. The standard InChI is InChI=1S/C18H14O4S/c1-23-8-9-6-12-14(22-9)7-13-15(18(12)21)17(20)11-5-3-2-4-10(11)16(13)19/h2-5,7,9,21H,6,8H2,1H3/t9-/m0/s1. The Morgan fingerprint density at radius 3 is 2.57 bits per heavy atom. The molecule has 0 fully saturated rings. The molecule has 5 heteroatoms. The minimum atomic E-state index is -0.302. The Bertz CT molecular complexity index is 856. The average Bonchev–Trinajstić information content (AvgIpc) is 2.96.